The molecule has 0 bridgehead atoms. The molecule has 0 fully saturated rings. The summed E-state index contributed by atoms with van der Waals surface area (Å²) < 4.78 is 20.5. The molecule has 0 spiro atoms. The number of hydrogen-bond donors (Lipinski definition) is 1. The van der Waals surface area contributed by atoms with E-state index in [1.54, 1.807) is 6.07 Å². The number of benzene rings is 1. The quantitative estimate of drug-likeness (QED) is 0.641. The normalized spacial score (nSPS) is 11.1. The van der Waals surface area contributed by atoms with E-state index in [2.05, 4.69) is 6.58 Å². The Morgan fingerprint density at radius 1 is 1.47 bits per heavy atom. The minimum absolute atomic E-state index is 0.202. The summed E-state index contributed by atoms with van der Waals surface area (Å²) in [4.78, 5) is 0.996. The number of hydrogen-bond acceptors (Lipinski definition) is 3. The zero-order valence-electron chi connectivity index (χ0n) is 11.0. The van der Waals surface area contributed by atoms with E-state index in [9.17, 15) is 4.39 Å². The first-order chi connectivity index (χ1) is 9.13. The van der Waals surface area contributed by atoms with Crippen molar-refractivity contribution in [3.8, 4) is 0 Å². The van der Waals surface area contributed by atoms with Gasteiger partial charge in [0.15, 0.2) is 0 Å². The van der Waals surface area contributed by atoms with Crippen molar-refractivity contribution in [3.63, 3.8) is 0 Å². The average molecular weight is 279 g/mol. The molecular formula is C15H18FNOS. The Hall–Kier alpha value is -1.23. The molecule has 0 atom stereocenters. The first-order valence-electron chi connectivity index (χ1n) is 6.24. The van der Waals surface area contributed by atoms with Crippen LogP contribution in [0.15, 0.2) is 30.4 Å². The standard InChI is InChI=1S/C15H18FNOS/c1-10(2)6-7-18-9-11-14(8-17)19-13-5-3-4-12(16)15(11)13/h3-5H,1,6-9,17H2,2H3. The molecule has 2 rings (SSSR count). The van der Waals surface area contributed by atoms with Gasteiger partial charge in [-0.2, -0.15) is 0 Å². The van der Waals surface area contributed by atoms with Crippen LogP contribution >= 0.6 is 11.3 Å². The van der Waals surface area contributed by atoms with Crippen LogP contribution in [0.25, 0.3) is 10.1 Å². The van der Waals surface area contributed by atoms with Crippen LogP contribution < -0.4 is 5.73 Å². The van der Waals surface area contributed by atoms with Gasteiger partial charge in [-0.1, -0.05) is 11.6 Å². The Balaban J connectivity index is 2.22. The van der Waals surface area contributed by atoms with E-state index in [-0.39, 0.29) is 5.82 Å². The van der Waals surface area contributed by atoms with Crippen LogP contribution in [0, 0.1) is 5.82 Å². The molecular weight excluding hydrogens is 261 g/mol. The van der Waals surface area contributed by atoms with Gasteiger partial charge < -0.3 is 10.5 Å². The highest BCUT2D eigenvalue weighted by Crippen LogP contribution is 2.33. The summed E-state index contributed by atoms with van der Waals surface area (Å²) in [6.45, 7) is 7.22. The molecule has 2 N–H and O–H groups in total. The molecule has 0 saturated heterocycles. The number of nitrogens with two attached hydrogens (primary N) is 1. The Morgan fingerprint density at radius 3 is 2.95 bits per heavy atom. The molecule has 2 nitrogen and oxygen atoms in total. The van der Waals surface area contributed by atoms with Crippen molar-refractivity contribution in [2.24, 2.45) is 5.73 Å². The maximum Gasteiger partial charge on any atom is 0.132 e. The highest BCUT2D eigenvalue weighted by molar-refractivity contribution is 7.19. The van der Waals surface area contributed by atoms with Crippen molar-refractivity contribution in [1.29, 1.82) is 0 Å². The average Bonchev–Trinajstić information content (AvgIpc) is 2.74. The molecule has 0 aliphatic carbocycles. The van der Waals surface area contributed by atoms with Crippen molar-refractivity contribution in [1.82, 2.24) is 0 Å². The number of fused-ring (bicyclic) bond motifs is 1. The monoisotopic (exact) mass is 279 g/mol. The number of rotatable bonds is 6. The van der Waals surface area contributed by atoms with E-state index >= 15 is 0 Å². The first-order valence-corrected chi connectivity index (χ1v) is 7.06. The Labute approximate surface area is 116 Å². The van der Waals surface area contributed by atoms with E-state index in [4.69, 9.17) is 10.5 Å². The highest BCUT2D eigenvalue weighted by Gasteiger charge is 2.14. The number of thiophene rings is 1. The zero-order chi connectivity index (χ0) is 13.8. The molecule has 4 heteroatoms. The van der Waals surface area contributed by atoms with Gasteiger partial charge in [-0.05, 0) is 25.5 Å². The minimum Gasteiger partial charge on any atom is -0.376 e. The lowest BCUT2D eigenvalue weighted by Crippen LogP contribution is -2.01. The van der Waals surface area contributed by atoms with Crippen LogP contribution in [0.2, 0.25) is 0 Å². The Morgan fingerprint density at radius 2 is 2.26 bits per heavy atom. The van der Waals surface area contributed by atoms with Crippen LogP contribution in [0.3, 0.4) is 0 Å². The topological polar surface area (TPSA) is 35.2 Å². The van der Waals surface area contributed by atoms with Crippen LogP contribution in [0.4, 0.5) is 4.39 Å². The summed E-state index contributed by atoms with van der Waals surface area (Å²) in [7, 11) is 0. The van der Waals surface area contributed by atoms with E-state index in [0.29, 0.717) is 25.1 Å². The van der Waals surface area contributed by atoms with E-state index in [0.717, 1.165) is 27.1 Å². The second-order valence-corrected chi connectivity index (χ2v) is 5.72. The summed E-state index contributed by atoms with van der Waals surface area (Å²) >= 11 is 1.54. The third-order valence-electron chi connectivity index (χ3n) is 2.95. The van der Waals surface area contributed by atoms with Crippen molar-refractivity contribution < 1.29 is 9.13 Å². The smallest absolute Gasteiger partial charge is 0.132 e. The Bertz CT molecular complexity index is 591. The molecule has 0 aliphatic heterocycles. The molecule has 1 heterocycles. The summed E-state index contributed by atoms with van der Waals surface area (Å²) in [6.07, 6.45) is 0.822. The molecule has 0 saturated carbocycles. The summed E-state index contributed by atoms with van der Waals surface area (Å²) in [5.74, 6) is -0.202. The van der Waals surface area contributed by atoms with E-state index in [1.165, 1.54) is 17.4 Å². The second kappa shape index (κ2) is 6.28. The molecule has 0 radical (unpaired) electrons. The third-order valence-corrected chi connectivity index (χ3v) is 4.17. The maximum absolute atomic E-state index is 13.9. The molecule has 1 aromatic carbocycles. The molecule has 0 unspecified atom stereocenters. The van der Waals surface area contributed by atoms with Crippen LogP contribution in [-0.2, 0) is 17.9 Å². The SMILES string of the molecule is C=C(C)CCOCc1c(CN)sc2cccc(F)c12. The van der Waals surface area contributed by atoms with Gasteiger partial charge in [0.05, 0.1) is 13.2 Å². The van der Waals surface area contributed by atoms with Crippen molar-refractivity contribution in [2.75, 3.05) is 6.61 Å². The lowest BCUT2D eigenvalue weighted by atomic mass is 10.1. The van der Waals surface area contributed by atoms with Crippen LogP contribution in [0.1, 0.15) is 23.8 Å². The van der Waals surface area contributed by atoms with Gasteiger partial charge in [-0.15, -0.1) is 17.9 Å². The second-order valence-electron chi connectivity index (χ2n) is 4.58. The fourth-order valence-corrected chi connectivity index (χ4v) is 3.06. The van der Waals surface area contributed by atoms with Crippen LogP contribution in [-0.4, -0.2) is 6.61 Å². The van der Waals surface area contributed by atoms with Gasteiger partial charge >= 0.3 is 0 Å². The van der Waals surface area contributed by atoms with Gasteiger partial charge in [0.1, 0.15) is 5.82 Å². The lowest BCUT2D eigenvalue weighted by Gasteiger charge is -2.06. The lowest BCUT2D eigenvalue weighted by molar-refractivity contribution is 0.124. The first kappa shape index (κ1) is 14.2. The number of ether oxygens (including phenoxy) is 1. The van der Waals surface area contributed by atoms with Gasteiger partial charge in [-0.3, -0.25) is 0 Å². The fourth-order valence-electron chi connectivity index (χ4n) is 1.95. The fraction of sp³-hybridized carbons (Fsp3) is 0.333. The zero-order valence-corrected chi connectivity index (χ0v) is 11.9. The Kier molecular flexibility index (Phi) is 4.69. The van der Waals surface area contributed by atoms with Crippen LogP contribution in [0.5, 0.6) is 0 Å². The predicted octanol–water partition coefficient (Wildman–Crippen LogP) is 3.98. The molecule has 2 aromatic rings. The van der Waals surface area contributed by atoms with Gasteiger partial charge in [0, 0.05) is 27.1 Å². The molecule has 1 aromatic heterocycles. The molecule has 19 heavy (non-hydrogen) atoms. The maximum atomic E-state index is 13.9. The molecule has 0 amide bonds. The summed E-state index contributed by atoms with van der Waals surface area (Å²) in [6, 6.07) is 5.12. The minimum atomic E-state index is -0.202. The summed E-state index contributed by atoms with van der Waals surface area (Å²) in [5, 5.41) is 0.656. The van der Waals surface area contributed by atoms with Crippen molar-refractivity contribution >= 4 is 21.4 Å². The summed E-state index contributed by atoms with van der Waals surface area (Å²) in [5.41, 5.74) is 7.71. The highest BCUT2D eigenvalue weighted by atomic mass is 32.1. The molecule has 0 aliphatic rings. The van der Waals surface area contributed by atoms with Gasteiger partial charge in [0.25, 0.3) is 0 Å². The number of halogens is 1. The molecule has 102 valence electrons. The van der Waals surface area contributed by atoms with E-state index in [1.807, 2.05) is 13.0 Å². The van der Waals surface area contributed by atoms with Crippen molar-refractivity contribution in [3.05, 3.63) is 46.6 Å². The van der Waals surface area contributed by atoms with Gasteiger partial charge in [0.2, 0.25) is 0 Å². The van der Waals surface area contributed by atoms with Crippen molar-refractivity contribution in [2.45, 2.75) is 26.5 Å². The van der Waals surface area contributed by atoms with Gasteiger partial charge in [-0.25, -0.2) is 4.39 Å². The largest absolute Gasteiger partial charge is 0.376 e. The predicted molar refractivity (Wildman–Crippen MR) is 78.8 cm³/mol. The third kappa shape index (κ3) is 3.21. The van der Waals surface area contributed by atoms with E-state index < -0.39 is 0 Å².